The Bertz CT molecular complexity index is 300. The molecule has 0 bridgehead atoms. The maximum Gasteiger partial charge on any atom is 0.172 e. The van der Waals surface area contributed by atoms with Gasteiger partial charge in [0.05, 0.1) is 6.20 Å². The number of imidazole rings is 1. The quantitative estimate of drug-likeness (QED) is 0.632. The van der Waals surface area contributed by atoms with Gasteiger partial charge < -0.3 is 9.67 Å². The van der Waals surface area contributed by atoms with Crippen LogP contribution < -0.4 is 0 Å². The molecule has 0 saturated heterocycles. The Labute approximate surface area is 69.6 Å². The van der Waals surface area contributed by atoms with E-state index in [9.17, 15) is 0 Å². The van der Waals surface area contributed by atoms with E-state index < -0.39 is 6.10 Å². The summed E-state index contributed by atoms with van der Waals surface area (Å²) in [5, 5.41) is 9.60. The van der Waals surface area contributed by atoms with E-state index in [0.29, 0.717) is 11.0 Å². The minimum Gasteiger partial charge on any atom is -0.373 e. The Kier molecular flexibility index (Phi) is 2.18. The normalized spacial score (nSPS) is 12.5. The average Bonchev–Trinajstić information content (AvgIpc) is 2.32. The molecule has 0 spiro atoms. The van der Waals surface area contributed by atoms with Crippen LogP contribution in [0.25, 0.3) is 0 Å². The molecule has 1 aromatic rings. The van der Waals surface area contributed by atoms with Gasteiger partial charge in [-0.05, 0) is 0 Å². The zero-order valence-electron chi connectivity index (χ0n) is 5.95. The lowest BCUT2D eigenvalue weighted by Gasteiger charge is -2.02. The first kappa shape index (κ1) is 8.12. The molecular weight excluding hydrogens is 164 g/mol. The van der Waals surface area contributed by atoms with Gasteiger partial charge in [0.25, 0.3) is 0 Å². The second-order valence-electron chi connectivity index (χ2n) is 2.07. The van der Waals surface area contributed by atoms with Crippen molar-refractivity contribution in [3.63, 3.8) is 0 Å². The van der Waals surface area contributed by atoms with E-state index in [1.807, 2.05) is 0 Å². The predicted octanol–water partition coefficient (Wildman–Crippen LogP) is 0.740. The molecule has 1 unspecified atom stereocenters. The maximum atomic E-state index is 9.15. The van der Waals surface area contributed by atoms with Crippen LogP contribution in [0.15, 0.2) is 6.20 Å². The zero-order chi connectivity index (χ0) is 8.43. The van der Waals surface area contributed by atoms with E-state index in [0.717, 1.165) is 0 Å². The van der Waals surface area contributed by atoms with Crippen LogP contribution in [0.5, 0.6) is 0 Å². The molecule has 1 atom stereocenters. The number of aliphatic hydroxyl groups excluding tert-OH is 1. The van der Waals surface area contributed by atoms with Crippen molar-refractivity contribution in [1.82, 2.24) is 9.55 Å². The van der Waals surface area contributed by atoms with Crippen molar-refractivity contribution in [3.05, 3.63) is 17.2 Å². The summed E-state index contributed by atoms with van der Waals surface area (Å²) in [6.45, 7) is 0. The van der Waals surface area contributed by atoms with Crippen molar-refractivity contribution in [2.75, 3.05) is 0 Å². The van der Waals surface area contributed by atoms with E-state index in [1.54, 1.807) is 7.05 Å². The summed E-state index contributed by atoms with van der Waals surface area (Å²) in [6, 6.07) is 0. The molecule has 0 aromatic carbocycles. The second-order valence-corrected chi connectivity index (χ2v) is 2.45. The second kappa shape index (κ2) is 2.95. The summed E-state index contributed by atoms with van der Waals surface area (Å²) < 4.78 is 1.53. The smallest absolute Gasteiger partial charge is 0.172 e. The molecule has 1 heterocycles. The highest BCUT2D eigenvalue weighted by molar-refractivity contribution is 6.29. The van der Waals surface area contributed by atoms with Gasteiger partial charge in [-0.3, -0.25) is 0 Å². The van der Waals surface area contributed by atoms with Gasteiger partial charge in [-0.15, -0.1) is 6.42 Å². The topological polar surface area (TPSA) is 38.1 Å². The van der Waals surface area contributed by atoms with Crippen LogP contribution in [0.4, 0.5) is 0 Å². The van der Waals surface area contributed by atoms with E-state index in [4.69, 9.17) is 23.1 Å². The number of nitrogens with zero attached hydrogens (tertiary/aromatic N) is 2. The van der Waals surface area contributed by atoms with Crippen molar-refractivity contribution in [1.29, 1.82) is 0 Å². The molecule has 1 rings (SSSR count). The van der Waals surface area contributed by atoms with Crippen LogP contribution in [-0.2, 0) is 7.05 Å². The lowest BCUT2D eigenvalue weighted by atomic mass is 10.3. The summed E-state index contributed by atoms with van der Waals surface area (Å²) in [4.78, 5) is 3.82. The molecule has 58 valence electrons. The highest BCUT2D eigenvalue weighted by Gasteiger charge is 2.10. The van der Waals surface area contributed by atoms with E-state index in [1.165, 1.54) is 10.8 Å². The number of terminal acetylenes is 1. The molecule has 0 radical (unpaired) electrons. The summed E-state index contributed by atoms with van der Waals surface area (Å²) in [5.74, 6) is 2.54. The maximum absolute atomic E-state index is 9.15. The third kappa shape index (κ3) is 1.37. The van der Waals surface area contributed by atoms with Crippen LogP contribution in [0.2, 0.25) is 5.15 Å². The number of hydrogen-bond acceptors (Lipinski definition) is 2. The Balaban J connectivity index is 3.07. The van der Waals surface area contributed by atoms with Crippen LogP contribution in [-0.4, -0.2) is 14.7 Å². The van der Waals surface area contributed by atoms with Gasteiger partial charge in [-0.1, -0.05) is 17.5 Å². The van der Waals surface area contributed by atoms with Crippen LogP contribution in [0, 0.1) is 12.3 Å². The molecule has 0 fully saturated rings. The fourth-order valence-corrected chi connectivity index (χ4v) is 0.866. The molecule has 0 saturated carbocycles. The third-order valence-electron chi connectivity index (χ3n) is 1.37. The molecule has 0 aliphatic carbocycles. The minimum absolute atomic E-state index is 0.387. The Hall–Kier alpha value is -0.980. The lowest BCUT2D eigenvalue weighted by molar-refractivity contribution is 0.224. The largest absolute Gasteiger partial charge is 0.373 e. The minimum atomic E-state index is -0.979. The van der Waals surface area contributed by atoms with Crippen LogP contribution in [0.3, 0.4) is 0 Å². The predicted molar refractivity (Wildman–Crippen MR) is 42.0 cm³/mol. The van der Waals surface area contributed by atoms with Crippen molar-refractivity contribution in [2.24, 2.45) is 7.05 Å². The van der Waals surface area contributed by atoms with Gasteiger partial charge in [0.15, 0.2) is 11.9 Å². The zero-order valence-corrected chi connectivity index (χ0v) is 6.71. The number of aliphatic hydroxyl groups is 1. The number of aromatic nitrogens is 2. The summed E-state index contributed by atoms with van der Waals surface area (Å²) >= 11 is 5.65. The molecule has 0 aliphatic heterocycles. The average molecular weight is 171 g/mol. The van der Waals surface area contributed by atoms with Gasteiger partial charge in [-0.25, -0.2) is 4.98 Å². The lowest BCUT2D eigenvalue weighted by Crippen LogP contribution is -2.03. The monoisotopic (exact) mass is 170 g/mol. The van der Waals surface area contributed by atoms with Gasteiger partial charge in [-0.2, -0.15) is 0 Å². The summed E-state index contributed by atoms with van der Waals surface area (Å²) in [6.07, 6.45) is 5.45. The number of rotatable bonds is 1. The van der Waals surface area contributed by atoms with E-state index >= 15 is 0 Å². The fourth-order valence-electron chi connectivity index (χ4n) is 0.731. The van der Waals surface area contributed by atoms with Crippen LogP contribution in [0.1, 0.15) is 11.9 Å². The molecule has 3 nitrogen and oxygen atoms in total. The molecule has 11 heavy (non-hydrogen) atoms. The first-order valence-corrected chi connectivity index (χ1v) is 3.36. The Morgan fingerprint density at radius 2 is 2.55 bits per heavy atom. The Morgan fingerprint density at radius 1 is 1.91 bits per heavy atom. The standard InChI is InChI=1S/C7H7ClN2O/c1-3-5(11)7-9-4-6(8)10(7)2/h1,4-5,11H,2H3. The van der Waals surface area contributed by atoms with Crippen molar-refractivity contribution >= 4 is 11.6 Å². The highest BCUT2D eigenvalue weighted by Crippen LogP contribution is 2.14. The number of hydrogen-bond donors (Lipinski definition) is 1. The van der Waals surface area contributed by atoms with E-state index in [2.05, 4.69) is 10.9 Å². The van der Waals surface area contributed by atoms with Gasteiger partial charge in [0, 0.05) is 7.05 Å². The molecule has 1 N–H and O–H groups in total. The van der Waals surface area contributed by atoms with E-state index in [-0.39, 0.29) is 0 Å². The third-order valence-corrected chi connectivity index (χ3v) is 1.72. The van der Waals surface area contributed by atoms with Gasteiger partial charge >= 0.3 is 0 Å². The van der Waals surface area contributed by atoms with Gasteiger partial charge in [0.1, 0.15) is 5.15 Å². The SMILES string of the molecule is C#CC(O)c1ncc(Cl)n1C. The van der Waals surface area contributed by atoms with Crippen molar-refractivity contribution in [2.45, 2.75) is 6.10 Å². The van der Waals surface area contributed by atoms with Gasteiger partial charge in [0.2, 0.25) is 0 Å². The molecular formula is C7H7ClN2O. The fraction of sp³-hybridized carbons (Fsp3) is 0.286. The van der Waals surface area contributed by atoms with Crippen LogP contribution >= 0.6 is 11.6 Å². The molecule has 4 heteroatoms. The first-order valence-electron chi connectivity index (χ1n) is 2.98. The molecule has 0 aliphatic rings. The Morgan fingerprint density at radius 3 is 2.91 bits per heavy atom. The summed E-state index contributed by atoms with van der Waals surface area (Å²) in [7, 11) is 1.69. The van der Waals surface area contributed by atoms with Crippen molar-refractivity contribution < 1.29 is 5.11 Å². The summed E-state index contributed by atoms with van der Waals surface area (Å²) in [5.41, 5.74) is 0. The first-order chi connectivity index (χ1) is 5.16. The molecule has 1 aromatic heterocycles. The number of halogens is 1. The van der Waals surface area contributed by atoms with Crippen molar-refractivity contribution in [3.8, 4) is 12.3 Å². The molecule has 0 amide bonds. The highest BCUT2D eigenvalue weighted by atomic mass is 35.5.